The van der Waals surface area contributed by atoms with Crippen LogP contribution in [0.25, 0.3) is 0 Å². The zero-order valence-electron chi connectivity index (χ0n) is 16.8. The molecule has 0 amide bonds. The zero-order valence-corrected chi connectivity index (χ0v) is 16.7. The number of fused-ring (bicyclic) bond motifs is 3. The van der Waals surface area contributed by atoms with E-state index in [0.29, 0.717) is 6.61 Å². The third kappa shape index (κ3) is 3.14. The molecule has 2 aromatic rings. The van der Waals surface area contributed by atoms with Crippen LogP contribution in [0.4, 0.5) is 5.69 Å². The molecule has 4 unspecified atom stereocenters. The van der Waals surface area contributed by atoms with Crippen molar-refractivity contribution in [3.63, 3.8) is 0 Å². The Morgan fingerprint density at radius 2 is 2.14 bits per heavy atom. The van der Waals surface area contributed by atoms with Crippen LogP contribution in [-0.2, 0) is 24.9 Å². The van der Waals surface area contributed by atoms with Gasteiger partial charge in [-0.2, -0.15) is 0 Å². The predicted octanol–water partition coefficient (Wildman–Crippen LogP) is 1.54. The second-order valence-electron chi connectivity index (χ2n) is 7.22. The minimum absolute atomic E-state index is 0.0671. The van der Waals surface area contributed by atoms with Crippen LogP contribution in [0, 0.1) is 0 Å². The van der Waals surface area contributed by atoms with Gasteiger partial charge in [0, 0.05) is 26.4 Å². The van der Waals surface area contributed by atoms with Crippen LogP contribution < -0.4 is 15.9 Å². The van der Waals surface area contributed by atoms with Gasteiger partial charge in [0.25, 0.3) is 14.1 Å². The molecule has 0 radical (unpaired) electrons. The van der Waals surface area contributed by atoms with E-state index in [2.05, 4.69) is 21.8 Å². The molecule has 1 aromatic carbocycles. The lowest BCUT2D eigenvalue weighted by molar-refractivity contribution is -0.0507. The number of benzene rings is 1. The first-order valence-electron chi connectivity index (χ1n) is 10.1. The molecule has 5 rings (SSSR count). The lowest BCUT2D eigenvalue weighted by Crippen LogP contribution is -2.39. The van der Waals surface area contributed by atoms with Crippen LogP contribution in [0.3, 0.4) is 0 Å². The fourth-order valence-corrected chi connectivity index (χ4v) is 5.97. The number of ether oxygens (including phenoxy) is 2. The Morgan fingerprint density at radius 3 is 2.93 bits per heavy atom. The lowest BCUT2D eigenvalue weighted by Gasteiger charge is -2.29. The van der Waals surface area contributed by atoms with Gasteiger partial charge >= 0.3 is 5.69 Å². The molecule has 10 heteroatoms. The molecule has 0 saturated carbocycles. The molecule has 6 atom stereocenters. The number of hydrogen-bond acceptors (Lipinski definition) is 7. The normalized spacial score (nSPS) is 33.6. The maximum absolute atomic E-state index is 12.3. The largest absolute Gasteiger partial charge is 0.374 e. The maximum Gasteiger partial charge on any atom is 0.330 e. The van der Waals surface area contributed by atoms with E-state index in [-0.39, 0.29) is 12.9 Å². The van der Waals surface area contributed by atoms with E-state index < -0.39 is 44.3 Å². The first-order valence-corrected chi connectivity index (χ1v) is 10.5. The summed E-state index contributed by atoms with van der Waals surface area (Å²) in [4.78, 5) is 25.9. The van der Waals surface area contributed by atoms with E-state index in [1.807, 2.05) is 12.1 Å². The van der Waals surface area contributed by atoms with Crippen LogP contribution in [0.5, 0.6) is 0 Å². The second-order valence-corrected chi connectivity index (χ2v) is 8.59. The molecular weight excluding hydrogens is 397 g/mol. The number of nitrogens with zero attached hydrogens (tertiary/aromatic N) is 2. The highest BCUT2D eigenvalue weighted by Crippen LogP contribution is 2.58. The predicted molar refractivity (Wildman–Crippen MR) is 106 cm³/mol. The van der Waals surface area contributed by atoms with E-state index in [9.17, 15) is 9.59 Å². The van der Waals surface area contributed by atoms with Crippen LogP contribution in [0.1, 0.15) is 20.1 Å². The van der Waals surface area contributed by atoms with Crippen molar-refractivity contribution in [3.8, 4) is 0 Å². The minimum Gasteiger partial charge on any atom is -0.374 e. The molecule has 0 bridgehead atoms. The highest BCUT2D eigenvalue weighted by atomic mass is 31.2. The Balaban J connectivity index is 1.42. The minimum atomic E-state index is -1.40. The van der Waals surface area contributed by atoms with Crippen molar-refractivity contribution in [1.29, 1.82) is 0 Å². The van der Waals surface area contributed by atoms with Crippen LogP contribution in [-0.4, -0.2) is 47.6 Å². The number of rotatable bonds is 4. The Bertz CT molecular complexity index is 1050. The van der Waals surface area contributed by atoms with Crippen LogP contribution >= 0.6 is 8.53 Å². The smallest absolute Gasteiger partial charge is 0.330 e. The average Bonchev–Trinajstić information content (AvgIpc) is 3.40. The summed E-state index contributed by atoms with van der Waals surface area (Å²) in [6.45, 7) is 0.502. The van der Waals surface area contributed by atoms with Crippen LogP contribution in [0.2, 0.25) is 0 Å². The molecule has 2 saturated heterocycles. The van der Waals surface area contributed by atoms with Crippen molar-refractivity contribution in [2.24, 2.45) is 0 Å². The number of H-pyrrole nitrogens is 1. The summed E-state index contributed by atoms with van der Waals surface area (Å²) >= 11 is 0. The standard InChI is InChI=1S/C19H22N3O6P/c1-11-16(17(25-2)18(27-11)21-8-7-15(23)20-19(21)24)28-29-22-13(10-26-29)9-12-5-3-4-6-14(12)22/h3-8,11,13,16-18H,9-10H2,1-2H3,(H,20,23,24)/t11?,13-,16?,17?,18?,29-/m0/s1/i1D. The average molecular weight is 420 g/mol. The number of para-hydroxylation sites is 1. The molecule has 3 aliphatic rings. The summed E-state index contributed by atoms with van der Waals surface area (Å²) in [5, 5.41) is 0. The first kappa shape index (κ1) is 17.8. The van der Waals surface area contributed by atoms with Crippen molar-refractivity contribution in [1.82, 2.24) is 9.55 Å². The van der Waals surface area contributed by atoms with Crippen molar-refractivity contribution in [2.75, 3.05) is 18.4 Å². The van der Waals surface area contributed by atoms with Crippen molar-refractivity contribution in [3.05, 3.63) is 62.9 Å². The summed E-state index contributed by atoms with van der Waals surface area (Å²) in [6, 6.07) is 9.67. The van der Waals surface area contributed by atoms with Gasteiger partial charge in [0.1, 0.15) is 12.2 Å². The monoisotopic (exact) mass is 420 g/mol. The molecule has 1 N–H and O–H groups in total. The van der Waals surface area contributed by atoms with E-state index in [1.165, 1.54) is 29.5 Å². The molecule has 1 aromatic heterocycles. The van der Waals surface area contributed by atoms with E-state index >= 15 is 0 Å². The first-order chi connectivity index (χ1) is 14.6. The van der Waals surface area contributed by atoms with Crippen LogP contribution in [0.15, 0.2) is 46.1 Å². The van der Waals surface area contributed by atoms with E-state index in [4.69, 9.17) is 19.9 Å². The maximum atomic E-state index is 12.3. The molecule has 2 fully saturated rings. The van der Waals surface area contributed by atoms with Gasteiger partial charge in [-0.3, -0.25) is 14.3 Å². The van der Waals surface area contributed by atoms with Crippen molar-refractivity contribution in [2.45, 2.75) is 43.9 Å². The second kappa shape index (κ2) is 7.34. The quantitative estimate of drug-likeness (QED) is 0.750. The molecule has 154 valence electrons. The van der Waals surface area contributed by atoms with Gasteiger partial charge in [0.15, 0.2) is 6.23 Å². The molecular formula is C19H22N3O6P. The Hall–Kier alpha value is -2.03. The van der Waals surface area contributed by atoms with Gasteiger partial charge < -0.3 is 23.2 Å². The number of aromatic nitrogens is 2. The Kier molecular flexibility index (Phi) is 4.50. The summed E-state index contributed by atoms with van der Waals surface area (Å²) < 4.78 is 35.3. The number of nitrogens with one attached hydrogen (secondary N) is 1. The third-order valence-electron chi connectivity index (χ3n) is 5.49. The Labute approximate surface area is 169 Å². The van der Waals surface area contributed by atoms with Crippen molar-refractivity contribution < 1.29 is 19.9 Å². The number of anilines is 1. The van der Waals surface area contributed by atoms with Crippen molar-refractivity contribution >= 4 is 14.2 Å². The van der Waals surface area contributed by atoms with Gasteiger partial charge in [-0.05, 0) is 25.0 Å². The van der Waals surface area contributed by atoms with Gasteiger partial charge in [0.2, 0.25) is 0 Å². The summed E-state index contributed by atoms with van der Waals surface area (Å²) in [5.41, 5.74) is 1.28. The Morgan fingerprint density at radius 1 is 1.28 bits per heavy atom. The molecule has 0 spiro atoms. The van der Waals surface area contributed by atoms with Gasteiger partial charge in [-0.1, -0.05) is 18.2 Å². The fraction of sp³-hybridized carbons (Fsp3) is 0.474. The molecule has 29 heavy (non-hydrogen) atoms. The highest BCUT2D eigenvalue weighted by Gasteiger charge is 2.50. The molecule has 4 heterocycles. The van der Waals surface area contributed by atoms with E-state index in [0.717, 1.165) is 12.1 Å². The molecule has 3 aliphatic heterocycles. The number of aromatic amines is 1. The number of methoxy groups -OCH3 is 1. The molecule has 0 aliphatic carbocycles. The summed E-state index contributed by atoms with van der Waals surface area (Å²) in [5.74, 6) is 0. The molecule has 9 nitrogen and oxygen atoms in total. The SMILES string of the molecule is [2H]CC1OC(n2ccc(=O)[nH]c2=O)C(OC)C1O[P@]1OC[C@@H]2Cc3ccccc3N21. The van der Waals surface area contributed by atoms with Gasteiger partial charge in [-0.15, -0.1) is 0 Å². The zero-order chi connectivity index (χ0) is 20.8. The third-order valence-corrected chi connectivity index (χ3v) is 7.18. The highest BCUT2D eigenvalue weighted by molar-refractivity contribution is 7.49. The number of hydrogen-bond donors (Lipinski definition) is 1. The lowest BCUT2D eigenvalue weighted by atomic mass is 10.1. The summed E-state index contributed by atoms with van der Waals surface area (Å²) in [7, 11) is 0.107. The van der Waals surface area contributed by atoms with Gasteiger partial charge in [0.05, 0.1) is 18.8 Å². The fourth-order valence-electron chi connectivity index (χ4n) is 4.13. The topological polar surface area (TPSA) is 95.0 Å². The summed E-state index contributed by atoms with van der Waals surface area (Å²) in [6.07, 6.45) is -0.405. The van der Waals surface area contributed by atoms with Gasteiger partial charge in [-0.25, -0.2) is 4.79 Å². The van der Waals surface area contributed by atoms with E-state index in [1.54, 1.807) is 0 Å².